The number of aromatic nitrogens is 1. The number of carbonyl (C=O) groups excluding carboxylic acids is 1. The van der Waals surface area contributed by atoms with Gasteiger partial charge in [-0.1, -0.05) is 6.92 Å². The highest BCUT2D eigenvalue weighted by Gasteiger charge is 2.25. The van der Waals surface area contributed by atoms with E-state index >= 15 is 0 Å². The largest absolute Gasteiger partial charge is 0.461 e. The van der Waals surface area contributed by atoms with Crippen molar-refractivity contribution < 1.29 is 13.9 Å². The highest BCUT2D eigenvalue weighted by molar-refractivity contribution is 7.09. The van der Waals surface area contributed by atoms with Crippen LogP contribution in [0.25, 0.3) is 0 Å². The molecular formula is C13H19FN2O2S. The van der Waals surface area contributed by atoms with Gasteiger partial charge in [0.25, 0.3) is 0 Å². The summed E-state index contributed by atoms with van der Waals surface area (Å²) in [6.07, 6.45) is 1.82. The lowest BCUT2D eigenvalue weighted by Crippen LogP contribution is -2.27. The summed E-state index contributed by atoms with van der Waals surface area (Å²) in [5, 5.41) is 2.95. The maximum absolute atomic E-state index is 12.2. The van der Waals surface area contributed by atoms with Crippen LogP contribution in [-0.4, -0.2) is 48.3 Å². The molecule has 1 aromatic heterocycles. The van der Waals surface area contributed by atoms with Gasteiger partial charge >= 0.3 is 5.97 Å². The molecule has 4 nitrogen and oxygen atoms in total. The average Bonchev–Trinajstić information content (AvgIpc) is 2.99. The predicted molar refractivity (Wildman–Crippen MR) is 72.1 cm³/mol. The number of hydrogen-bond acceptors (Lipinski definition) is 5. The van der Waals surface area contributed by atoms with Crippen molar-refractivity contribution in [3.63, 3.8) is 0 Å². The van der Waals surface area contributed by atoms with Crippen LogP contribution in [0, 0.1) is 0 Å². The normalized spacial score (nSPS) is 19.8. The number of esters is 1. The maximum Gasteiger partial charge on any atom is 0.312 e. The highest BCUT2D eigenvalue weighted by atomic mass is 32.1. The number of hydrogen-bond donors (Lipinski definition) is 0. The third kappa shape index (κ3) is 4.24. The second kappa shape index (κ2) is 6.96. The molecule has 0 spiro atoms. The highest BCUT2D eigenvalue weighted by Crippen LogP contribution is 2.15. The van der Waals surface area contributed by atoms with Crippen molar-refractivity contribution in [2.75, 3.05) is 26.3 Å². The lowest BCUT2D eigenvalue weighted by Gasteiger charge is -2.14. The van der Waals surface area contributed by atoms with Crippen LogP contribution in [0.1, 0.15) is 24.0 Å². The van der Waals surface area contributed by atoms with Gasteiger partial charge in [0.05, 0.1) is 17.1 Å². The minimum Gasteiger partial charge on any atom is -0.461 e. The molecule has 0 N–H and O–H groups in total. The molecule has 106 valence electrons. The molecule has 1 atom stereocenters. The summed E-state index contributed by atoms with van der Waals surface area (Å²) in [5.74, 6) is -0.236. The average molecular weight is 286 g/mol. The van der Waals surface area contributed by atoms with E-state index < -0.39 is 0 Å². The van der Waals surface area contributed by atoms with Crippen LogP contribution in [0.2, 0.25) is 0 Å². The Labute approximate surface area is 116 Å². The van der Waals surface area contributed by atoms with Crippen molar-refractivity contribution in [2.45, 2.75) is 32.3 Å². The van der Waals surface area contributed by atoms with E-state index in [0.29, 0.717) is 13.1 Å². The summed E-state index contributed by atoms with van der Waals surface area (Å²) < 4.78 is 17.6. The molecule has 1 aromatic rings. The minimum atomic E-state index is -0.348. The third-order valence-corrected chi connectivity index (χ3v) is 4.20. The van der Waals surface area contributed by atoms with Crippen LogP contribution in [0.4, 0.5) is 4.39 Å². The Hall–Kier alpha value is -1.01. The van der Waals surface area contributed by atoms with Crippen LogP contribution in [0.3, 0.4) is 0 Å². The molecule has 0 aromatic carbocycles. The first-order chi connectivity index (χ1) is 9.21. The molecule has 19 heavy (non-hydrogen) atoms. The number of nitrogens with zero attached hydrogens (tertiary/aromatic N) is 2. The summed E-state index contributed by atoms with van der Waals surface area (Å²) in [5.41, 5.74) is 0.783. The Kier molecular flexibility index (Phi) is 5.27. The van der Waals surface area contributed by atoms with Gasteiger partial charge in [0.1, 0.15) is 12.8 Å². The van der Waals surface area contributed by atoms with E-state index in [1.54, 1.807) is 11.3 Å². The molecule has 0 aliphatic carbocycles. The van der Waals surface area contributed by atoms with Crippen molar-refractivity contribution in [1.29, 1.82) is 0 Å². The fourth-order valence-electron chi connectivity index (χ4n) is 2.18. The Morgan fingerprint density at radius 3 is 3.21 bits per heavy atom. The monoisotopic (exact) mass is 286 g/mol. The van der Waals surface area contributed by atoms with Gasteiger partial charge in [-0.2, -0.15) is 0 Å². The first-order valence-electron chi connectivity index (χ1n) is 6.62. The van der Waals surface area contributed by atoms with Crippen LogP contribution >= 0.6 is 11.3 Å². The fraction of sp³-hybridized carbons (Fsp3) is 0.692. The summed E-state index contributed by atoms with van der Waals surface area (Å²) in [6.45, 7) is 3.57. The lowest BCUT2D eigenvalue weighted by atomic mass is 10.3. The van der Waals surface area contributed by atoms with Gasteiger partial charge in [0.2, 0.25) is 0 Å². The van der Waals surface area contributed by atoms with E-state index in [2.05, 4.69) is 4.98 Å². The van der Waals surface area contributed by atoms with Crippen molar-refractivity contribution in [3.8, 4) is 0 Å². The van der Waals surface area contributed by atoms with E-state index in [0.717, 1.165) is 30.1 Å². The molecule has 1 saturated heterocycles. The SMILES string of the molecule is CCc1nc(CC(=O)O[C@@H]2CCN(CCF)C2)cs1. The van der Waals surface area contributed by atoms with Crippen LogP contribution in [0.5, 0.6) is 0 Å². The maximum atomic E-state index is 12.2. The summed E-state index contributed by atoms with van der Waals surface area (Å²) >= 11 is 1.57. The molecule has 1 fully saturated rings. The van der Waals surface area contributed by atoms with Crippen molar-refractivity contribution >= 4 is 17.3 Å². The van der Waals surface area contributed by atoms with Gasteiger partial charge in [-0.05, 0) is 12.8 Å². The topological polar surface area (TPSA) is 42.4 Å². The molecular weight excluding hydrogens is 267 g/mol. The van der Waals surface area contributed by atoms with Gasteiger partial charge in [-0.25, -0.2) is 9.37 Å². The first-order valence-corrected chi connectivity index (χ1v) is 7.50. The molecule has 2 rings (SSSR count). The number of thiazole rings is 1. The summed E-state index contributed by atoms with van der Waals surface area (Å²) in [6, 6.07) is 0. The Morgan fingerprint density at radius 1 is 1.68 bits per heavy atom. The van der Waals surface area contributed by atoms with Crippen molar-refractivity contribution in [3.05, 3.63) is 16.1 Å². The number of aryl methyl sites for hydroxylation is 1. The first kappa shape index (κ1) is 14.4. The van der Waals surface area contributed by atoms with Gasteiger partial charge in [0.15, 0.2) is 0 Å². The molecule has 2 heterocycles. The molecule has 0 radical (unpaired) electrons. The number of rotatable bonds is 6. The standard InChI is InChI=1S/C13H19FN2O2S/c1-2-12-15-10(9-19-12)7-13(17)18-11-3-5-16(8-11)6-4-14/h9,11H,2-8H2,1H3/t11-/m1/s1. The predicted octanol–water partition coefficient (Wildman–Crippen LogP) is 1.83. The second-order valence-corrected chi connectivity index (χ2v) is 5.60. The smallest absolute Gasteiger partial charge is 0.312 e. The molecule has 0 unspecified atom stereocenters. The number of halogens is 1. The van der Waals surface area contributed by atoms with Crippen LogP contribution < -0.4 is 0 Å². The Bertz CT molecular complexity index is 425. The van der Waals surface area contributed by atoms with E-state index in [1.807, 2.05) is 17.2 Å². The zero-order chi connectivity index (χ0) is 13.7. The van der Waals surface area contributed by atoms with Crippen LogP contribution in [0.15, 0.2) is 5.38 Å². The second-order valence-electron chi connectivity index (χ2n) is 4.65. The quantitative estimate of drug-likeness (QED) is 0.748. The number of alkyl halides is 1. The van der Waals surface area contributed by atoms with Crippen molar-refractivity contribution in [2.24, 2.45) is 0 Å². The van der Waals surface area contributed by atoms with Crippen molar-refractivity contribution in [1.82, 2.24) is 9.88 Å². The minimum absolute atomic E-state index is 0.0941. The van der Waals surface area contributed by atoms with E-state index in [4.69, 9.17) is 4.74 Å². The fourth-order valence-corrected chi connectivity index (χ4v) is 2.93. The van der Waals surface area contributed by atoms with Gasteiger partial charge in [-0.3, -0.25) is 9.69 Å². The summed E-state index contributed by atoms with van der Waals surface area (Å²) in [4.78, 5) is 18.1. The molecule has 0 bridgehead atoms. The van der Waals surface area contributed by atoms with Gasteiger partial charge in [-0.15, -0.1) is 11.3 Å². The van der Waals surface area contributed by atoms with E-state index in [9.17, 15) is 9.18 Å². The Balaban J connectivity index is 1.75. The third-order valence-electron chi connectivity index (χ3n) is 3.16. The van der Waals surface area contributed by atoms with Gasteiger partial charge < -0.3 is 4.74 Å². The van der Waals surface area contributed by atoms with Gasteiger partial charge in [0, 0.05) is 25.0 Å². The molecule has 6 heteroatoms. The van der Waals surface area contributed by atoms with Crippen LogP contribution in [-0.2, 0) is 22.4 Å². The Morgan fingerprint density at radius 2 is 2.53 bits per heavy atom. The summed E-state index contributed by atoms with van der Waals surface area (Å²) in [7, 11) is 0. The molecule has 0 amide bonds. The lowest BCUT2D eigenvalue weighted by molar-refractivity contribution is -0.147. The number of carbonyl (C=O) groups is 1. The number of likely N-dealkylation sites (tertiary alicyclic amines) is 1. The molecule has 1 aliphatic heterocycles. The zero-order valence-corrected chi connectivity index (χ0v) is 11.9. The zero-order valence-electron chi connectivity index (χ0n) is 11.1. The molecule has 0 saturated carbocycles. The number of ether oxygens (including phenoxy) is 1. The van der Waals surface area contributed by atoms with E-state index in [-0.39, 0.29) is 25.2 Å². The van der Waals surface area contributed by atoms with E-state index in [1.165, 1.54) is 0 Å². The molecule has 1 aliphatic rings.